The van der Waals surface area contributed by atoms with E-state index in [1.807, 2.05) is 12.3 Å². The third-order valence-corrected chi connectivity index (χ3v) is 4.00. The second-order valence-electron chi connectivity index (χ2n) is 3.58. The SMILES string of the molecule is Cc1csc(CC(=O)c2cccc(F)c2Br)n1. The molecular formula is C12H9BrFNOS. The summed E-state index contributed by atoms with van der Waals surface area (Å²) in [5.41, 5.74) is 1.26. The number of Topliss-reactive ketones (excluding diaryl/α,β-unsaturated/α-hetero) is 1. The van der Waals surface area contributed by atoms with Gasteiger partial charge in [-0.3, -0.25) is 4.79 Å². The lowest BCUT2D eigenvalue weighted by Crippen LogP contribution is -2.05. The van der Waals surface area contributed by atoms with E-state index >= 15 is 0 Å². The summed E-state index contributed by atoms with van der Waals surface area (Å²) in [6.07, 6.45) is 0.209. The standard InChI is InChI=1S/C12H9BrFNOS/c1-7-6-17-11(15-7)5-10(16)8-3-2-4-9(14)12(8)13/h2-4,6H,5H2,1H3. The predicted octanol–water partition coefficient (Wildman–Crippen LogP) is 3.78. The Morgan fingerprint density at radius 2 is 2.29 bits per heavy atom. The second-order valence-corrected chi connectivity index (χ2v) is 5.32. The lowest BCUT2D eigenvalue weighted by molar-refractivity contribution is 0.0991. The molecule has 88 valence electrons. The zero-order valence-electron chi connectivity index (χ0n) is 9.04. The molecule has 0 saturated carbocycles. The number of nitrogens with zero attached hydrogens (tertiary/aromatic N) is 1. The molecule has 2 aromatic rings. The van der Waals surface area contributed by atoms with Crippen LogP contribution in [0.1, 0.15) is 21.1 Å². The Hall–Kier alpha value is -1.07. The van der Waals surface area contributed by atoms with Crippen LogP contribution in [0.15, 0.2) is 28.1 Å². The average molecular weight is 314 g/mol. The molecule has 2 rings (SSSR count). The van der Waals surface area contributed by atoms with Gasteiger partial charge < -0.3 is 0 Å². The molecular weight excluding hydrogens is 305 g/mol. The van der Waals surface area contributed by atoms with Crippen molar-refractivity contribution in [2.24, 2.45) is 0 Å². The van der Waals surface area contributed by atoms with Crippen molar-refractivity contribution in [3.8, 4) is 0 Å². The summed E-state index contributed by atoms with van der Waals surface area (Å²) < 4.78 is 13.5. The molecule has 0 saturated heterocycles. The molecule has 0 aliphatic heterocycles. The Morgan fingerprint density at radius 1 is 1.53 bits per heavy atom. The van der Waals surface area contributed by atoms with Crippen molar-refractivity contribution in [1.82, 2.24) is 4.98 Å². The smallest absolute Gasteiger partial charge is 0.170 e. The number of aryl methyl sites for hydroxylation is 1. The first-order chi connectivity index (χ1) is 8.08. The van der Waals surface area contributed by atoms with E-state index in [4.69, 9.17) is 0 Å². The lowest BCUT2D eigenvalue weighted by atomic mass is 10.1. The number of benzene rings is 1. The molecule has 0 fully saturated rings. The maximum Gasteiger partial charge on any atom is 0.170 e. The zero-order chi connectivity index (χ0) is 12.4. The first-order valence-corrected chi connectivity index (χ1v) is 6.63. The van der Waals surface area contributed by atoms with E-state index in [-0.39, 0.29) is 16.7 Å². The molecule has 0 bridgehead atoms. The van der Waals surface area contributed by atoms with Crippen LogP contribution in [0.4, 0.5) is 4.39 Å². The van der Waals surface area contributed by atoms with Crippen LogP contribution in [0.2, 0.25) is 0 Å². The highest BCUT2D eigenvalue weighted by Gasteiger charge is 2.14. The average Bonchev–Trinajstić information content (AvgIpc) is 2.68. The van der Waals surface area contributed by atoms with Crippen LogP contribution >= 0.6 is 27.3 Å². The summed E-state index contributed by atoms with van der Waals surface area (Å²) in [5, 5.41) is 2.65. The van der Waals surface area contributed by atoms with E-state index in [1.165, 1.54) is 23.5 Å². The van der Waals surface area contributed by atoms with Gasteiger partial charge >= 0.3 is 0 Å². The molecule has 0 aliphatic rings. The van der Waals surface area contributed by atoms with E-state index in [2.05, 4.69) is 20.9 Å². The van der Waals surface area contributed by atoms with E-state index in [9.17, 15) is 9.18 Å². The third-order valence-electron chi connectivity index (χ3n) is 2.23. The number of thiazole rings is 1. The molecule has 17 heavy (non-hydrogen) atoms. The number of carbonyl (C=O) groups excluding carboxylic acids is 1. The van der Waals surface area contributed by atoms with Gasteiger partial charge in [0.15, 0.2) is 5.78 Å². The highest BCUT2D eigenvalue weighted by Crippen LogP contribution is 2.22. The van der Waals surface area contributed by atoms with Crippen molar-refractivity contribution in [3.63, 3.8) is 0 Å². The van der Waals surface area contributed by atoms with E-state index < -0.39 is 5.82 Å². The Bertz CT molecular complexity index is 567. The van der Waals surface area contributed by atoms with Crippen molar-refractivity contribution >= 4 is 33.0 Å². The van der Waals surface area contributed by atoms with Crippen molar-refractivity contribution in [2.45, 2.75) is 13.3 Å². The molecule has 0 atom stereocenters. The van der Waals surface area contributed by atoms with Crippen LogP contribution in [0.25, 0.3) is 0 Å². The molecule has 0 spiro atoms. The Kier molecular flexibility index (Phi) is 3.69. The maximum atomic E-state index is 13.3. The van der Waals surface area contributed by atoms with Crippen molar-refractivity contribution in [2.75, 3.05) is 0 Å². The minimum Gasteiger partial charge on any atom is -0.294 e. The second kappa shape index (κ2) is 5.06. The third kappa shape index (κ3) is 2.79. The van der Waals surface area contributed by atoms with E-state index in [1.54, 1.807) is 6.07 Å². The van der Waals surface area contributed by atoms with Crippen LogP contribution < -0.4 is 0 Å². The number of carbonyl (C=O) groups is 1. The quantitative estimate of drug-likeness (QED) is 0.807. The Balaban J connectivity index is 2.23. The normalized spacial score (nSPS) is 10.5. The Morgan fingerprint density at radius 3 is 2.94 bits per heavy atom. The van der Waals surface area contributed by atoms with Crippen molar-refractivity contribution in [1.29, 1.82) is 0 Å². The van der Waals surface area contributed by atoms with Gasteiger partial charge in [0, 0.05) is 16.6 Å². The summed E-state index contributed by atoms with van der Waals surface area (Å²) >= 11 is 4.53. The number of rotatable bonds is 3. The molecule has 1 heterocycles. The molecule has 0 N–H and O–H groups in total. The minimum absolute atomic E-state index is 0.134. The van der Waals surface area contributed by atoms with Crippen LogP contribution in [0.3, 0.4) is 0 Å². The number of hydrogen-bond acceptors (Lipinski definition) is 3. The molecule has 1 aromatic carbocycles. The van der Waals surface area contributed by atoms with Gasteiger partial charge in [0.25, 0.3) is 0 Å². The largest absolute Gasteiger partial charge is 0.294 e. The topological polar surface area (TPSA) is 30.0 Å². The van der Waals surface area contributed by atoms with Gasteiger partial charge in [-0.05, 0) is 28.9 Å². The van der Waals surface area contributed by atoms with Gasteiger partial charge in [-0.15, -0.1) is 11.3 Å². The van der Waals surface area contributed by atoms with Crippen LogP contribution in [-0.2, 0) is 6.42 Å². The fourth-order valence-electron chi connectivity index (χ4n) is 1.44. The lowest BCUT2D eigenvalue weighted by Gasteiger charge is -2.02. The van der Waals surface area contributed by atoms with E-state index in [0.29, 0.717) is 5.56 Å². The summed E-state index contributed by atoms with van der Waals surface area (Å²) in [6, 6.07) is 4.45. The van der Waals surface area contributed by atoms with Crippen LogP contribution in [0, 0.1) is 12.7 Å². The van der Waals surface area contributed by atoms with Crippen LogP contribution in [-0.4, -0.2) is 10.8 Å². The summed E-state index contributed by atoms with van der Waals surface area (Å²) in [5.74, 6) is -0.558. The van der Waals surface area contributed by atoms with Gasteiger partial charge in [0.1, 0.15) is 10.8 Å². The summed E-state index contributed by atoms with van der Waals surface area (Å²) in [7, 11) is 0. The van der Waals surface area contributed by atoms with Crippen molar-refractivity contribution in [3.05, 3.63) is 50.1 Å². The minimum atomic E-state index is -0.425. The zero-order valence-corrected chi connectivity index (χ0v) is 11.4. The van der Waals surface area contributed by atoms with Crippen molar-refractivity contribution < 1.29 is 9.18 Å². The van der Waals surface area contributed by atoms with Gasteiger partial charge in [-0.25, -0.2) is 9.37 Å². The van der Waals surface area contributed by atoms with Gasteiger partial charge in [0.2, 0.25) is 0 Å². The number of ketones is 1. The maximum absolute atomic E-state index is 13.3. The predicted molar refractivity (Wildman–Crippen MR) is 69.0 cm³/mol. The molecule has 0 unspecified atom stereocenters. The van der Waals surface area contributed by atoms with Gasteiger partial charge in [-0.1, -0.05) is 12.1 Å². The summed E-state index contributed by atoms with van der Waals surface area (Å²) in [6.45, 7) is 1.88. The number of hydrogen-bond donors (Lipinski definition) is 0. The van der Waals surface area contributed by atoms with Gasteiger partial charge in [0.05, 0.1) is 10.9 Å². The first-order valence-electron chi connectivity index (χ1n) is 4.96. The highest BCUT2D eigenvalue weighted by molar-refractivity contribution is 9.10. The monoisotopic (exact) mass is 313 g/mol. The number of aromatic nitrogens is 1. The van der Waals surface area contributed by atoms with Gasteiger partial charge in [-0.2, -0.15) is 0 Å². The molecule has 5 heteroatoms. The fraction of sp³-hybridized carbons (Fsp3) is 0.167. The molecule has 0 radical (unpaired) electrons. The molecule has 2 nitrogen and oxygen atoms in total. The number of halogens is 2. The first kappa shape index (κ1) is 12.4. The van der Waals surface area contributed by atoms with Crippen LogP contribution in [0.5, 0.6) is 0 Å². The highest BCUT2D eigenvalue weighted by atomic mass is 79.9. The molecule has 0 amide bonds. The van der Waals surface area contributed by atoms with E-state index in [0.717, 1.165) is 10.7 Å². The fourth-order valence-corrected chi connectivity index (χ4v) is 2.69. The molecule has 1 aromatic heterocycles. The molecule has 0 aliphatic carbocycles. The summed E-state index contributed by atoms with van der Waals surface area (Å²) in [4.78, 5) is 16.2. The Labute approximate surface area is 111 Å².